The molecule has 0 saturated carbocycles. The van der Waals surface area contributed by atoms with Crippen molar-refractivity contribution < 1.29 is 14.6 Å². The Morgan fingerprint density at radius 2 is 2.00 bits per heavy atom. The fraction of sp³-hybridized carbons (Fsp3) is 0.200. The molecule has 148 valence electrons. The highest BCUT2D eigenvalue weighted by Gasteiger charge is 2.12. The molecular weight excluding hydrogens is 375 g/mol. The number of hydrogen-bond donors (Lipinski definition) is 3. The van der Waals surface area contributed by atoms with Crippen LogP contribution in [0.4, 0.5) is 15.8 Å². The zero-order valence-electron chi connectivity index (χ0n) is 15.6. The Bertz CT molecular complexity index is 1160. The van der Waals surface area contributed by atoms with Crippen molar-refractivity contribution in [1.29, 1.82) is 0 Å². The molecule has 3 N–H and O–H groups in total. The first-order chi connectivity index (χ1) is 14.0. The number of aromatic nitrogens is 5. The maximum atomic E-state index is 14.2. The van der Waals surface area contributed by atoms with E-state index in [0.717, 1.165) is 0 Å². The molecule has 0 unspecified atom stereocenters. The second-order valence-corrected chi connectivity index (χ2v) is 6.62. The van der Waals surface area contributed by atoms with Crippen molar-refractivity contribution in [2.45, 2.75) is 19.6 Å². The van der Waals surface area contributed by atoms with Gasteiger partial charge in [-0.05, 0) is 37.3 Å². The Morgan fingerprint density at radius 1 is 1.17 bits per heavy atom. The van der Waals surface area contributed by atoms with Crippen LogP contribution in [-0.2, 0) is 6.54 Å². The molecule has 0 radical (unpaired) electrons. The fourth-order valence-corrected chi connectivity index (χ4v) is 2.95. The highest BCUT2D eigenvalue weighted by atomic mass is 19.1. The molecule has 0 amide bonds. The molecule has 29 heavy (non-hydrogen) atoms. The van der Waals surface area contributed by atoms with E-state index in [1.54, 1.807) is 49.8 Å². The molecule has 0 spiro atoms. The quantitative estimate of drug-likeness (QED) is 0.461. The van der Waals surface area contributed by atoms with E-state index in [-0.39, 0.29) is 18.8 Å². The number of fused-ring (bicyclic) bond motifs is 1. The van der Waals surface area contributed by atoms with Gasteiger partial charge in [-0.2, -0.15) is 5.10 Å². The van der Waals surface area contributed by atoms with Crippen molar-refractivity contribution in [3.05, 3.63) is 60.4 Å². The molecule has 4 aromatic rings. The predicted octanol–water partition coefficient (Wildman–Crippen LogP) is 2.43. The molecule has 1 atom stereocenters. The standard InChI is InChI=1S/C20H19FN6O2/c1-12-2-3-15(21)19(24-12)17-8-13(4-6-22-17)25-16-5-7-23-18-10-27(26-20(16)18)9-14(29)11-28/h2-8,10,14,28-29H,9,11H2,1H3,(H,22,25)/t14-/m0/s1. The molecule has 4 rings (SSSR count). The molecule has 4 aromatic heterocycles. The van der Waals surface area contributed by atoms with Crippen molar-refractivity contribution in [1.82, 2.24) is 24.7 Å². The summed E-state index contributed by atoms with van der Waals surface area (Å²) in [6, 6.07) is 8.23. The van der Waals surface area contributed by atoms with Gasteiger partial charge in [-0.1, -0.05) is 0 Å². The van der Waals surface area contributed by atoms with Gasteiger partial charge in [-0.25, -0.2) is 9.37 Å². The molecule has 0 bridgehead atoms. The van der Waals surface area contributed by atoms with Crippen LogP contribution in [0.2, 0.25) is 0 Å². The van der Waals surface area contributed by atoms with E-state index in [1.807, 2.05) is 0 Å². The molecule has 8 nitrogen and oxygen atoms in total. The average molecular weight is 394 g/mol. The van der Waals surface area contributed by atoms with Crippen molar-refractivity contribution in [3.63, 3.8) is 0 Å². The summed E-state index contributed by atoms with van der Waals surface area (Å²) in [5.41, 5.74) is 3.94. The number of pyridine rings is 3. The van der Waals surface area contributed by atoms with Crippen LogP contribution in [0.25, 0.3) is 22.4 Å². The molecule has 9 heteroatoms. The van der Waals surface area contributed by atoms with Crippen molar-refractivity contribution in [3.8, 4) is 11.4 Å². The fourth-order valence-electron chi connectivity index (χ4n) is 2.95. The minimum absolute atomic E-state index is 0.157. The van der Waals surface area contributed by atoms with Gasteiger partial charge in [0.05, 0.1) is 36.8 Å². The number of nitrogens with zero attached hydrogens (tertiary/aromatic N) is 5. The third kappa shape index (κ3) is 4.05. The Balaban J connectivity index is 1.66. The average Bonchev–Trinajstić information content (AvgIpc) is 3.13. The lowest BCUT2D eigenvalue weighted by atomic mass is 10.2. The van der Waals surface area contributed by atoms with Gasteiger partial charge in [0.2, 0.25) is 0 Å². The number of aliphatic hydroxyl groups is 2. The first-order valence-corrected chi connectivity index (χ1v) is 9.01. The van der Waals surface area contributed by atoms with Crippen LogP contribution in [0, 0.1) is 12.7 Å². The van der Waals surface area contributed by atoms with Crippen molar-refractivity contribution >= 4 is 22.4 Å². The Hall–Kier alpha value is -3.43. The van der Waals surface area contributed by atoms with E-state index in [4.69, 9.17) is 5.11 Å². The van der Waals surface area contributed by atoms with E-state index >= 15 is 0 Å². The number of aryl methyl sites for hydroxylation is 1. The van der Waals surface area contributed by atoms with E-state index < -0.39 is 11.9 Å². The van der Waals surface area contributed by atoms with E-state index in [9.17, 15) is 9.50 Å². The zero-order chi connectivity index (χ0) is 20.4. The molecule has 4 heterocycles. The molecule has 0 aliphatic rings. The normalized spacial score (nSPS) is 12.3. The minimum atomic E-state index is -0.903. The largest absolute Gasteiger partial charge is 0.394 e. The monoisotopic (exact) mass is 394 g/mol. The summed E-state index contributed by atoms with van der Waals surface area (Å²) in [5, 5.41) is 26.3. The number of nitrogens with one attached hydrogen (secondary N) is 1. The lowest BCUT2D eigenvalue weighted by Gasteiger charge is -2.09. The summed E-state index contributed by atoms with van der Waals surface area (Å²) in [7, 11) is 0. The van der Waals surface area contributed by atoms with Gasteiger partial charge >= 0.3 is 0 Å². The molecular formula is C20H19FN6O2. The Kier molecular flexibility index (Phi) is 5.15. The zero-order valence-corrected chi connectivity index (χ0v) is 15.6. The first-order valence-electron chi connectivity index (χ1n) is 9.01. The number of rotatable bonds is 6. The van der Waals surface area contributed by atoms with Crippen LogP contribution in [0.5, 0.6) is 0 Å². The predicted molar refractivity (Wildman–Crippen MR) is 106 cm³/mol. The van der Waals surface area contributed by atoms with Crippen LogP contribution in [0.1, 0.15) is 5.69 Å². The highest BCUT2D eigenvalue weighted by Crippen LogP contribution is 2.26. The third-order valence-electron chi connectivity index (χ3n) is 4.33. The highest BCUT2D eigenvalue weighted by molar-refractivity contribution is 5.89. The van der Waals surface area contributed by atoms with Gasteiger partial charge in [0, 0.05) is 23.8 Å². The maximum Gasteiger partial charge on any atom is 0.151 e. The van der Waals surface area contributed by atoms with Crippen LogP contribution in [0.15, 0.2) is 48.9 Å². The van der Waals surface area contributed by atoms with Gasteiger partial charge in [0.25, 0.3) is 0 Å². The second kappa shape index (κ2) is 7.90. The topological polar surface area (TPSA) is 109 Å². The van der Waals surface area contributed by atoms with Crippen LogP contribution >= 0.6 is 0 Å². The van der Waals surface area contributed by atoms with Crippen LogP contribution in [-0.4, -0.2) is 47.7 Å². The summed E-state index contributed by atoms with van der Waals surface area (Å²) in [6.07, 6.45) is 4.02. The number of halogens is 1. The summed E-state index contributed by atoms with van der Waals surface area (Å²) < 4.78 is 15.7. The van der Waals surface area contributed by atoms with Crippen molar-refractivity contribution in [2.75, 3.05) is 11.9 Å². The maximum absolute atomic E-state index is 14.2. The lowest BCUT2D eigenvalue weighted by Crippen LogP contribution is -2.19. The van der Waals surface area contributed by atoms with E-state index in [0.29, 0.717) is 33.8 Å². The van der Waals surface area contributed by atoms with Crippen LogP contribution < -0.4 is 5.32 Å². The minimum Gasteiger partial charge on any atom is -0.394 e. The Morgan fingerprint density at radius 3 is 2.83 bits per heavy atom. The summed E-state index contributed by atoms with van der Waals surface area (Å²) in [4.78, 5) is 12.8. The van der Waals surface area contributed by atoms with E-state index in [1.165, 1.54) is 10.7 Å². The summed E-state index contributed by atoms with van der Waals surface area (Å²) in [6.45, 7) is 1.60. The number of aliphatic hydroxyl groups excluding tert-OH is 2. The van der Waals surface area contributed by atoms with E-state index in [2.05, 4.69) is 25.4 Å². The molecule has 0 aromatic carbocycles. The van der Waals surface area contributed by atoms with Crippen LogP contribution in [0.3, 0.4) is 0 Å². The summed E-state index contributed by atoms with van der Waals surface area (Å²) in [5.74, 6) is -0.437. The number of hydrogen-bond acceptors (Lipinski definition) is 7. The smallest absolute Gasteiger partial charge is 0.151 e. The molecule has 0 fully saturated rings. The van der Waals surface area contributed by atoms with Gasteiger partial charge < -0.3 is 15.5 Å². The SMILES string of the molecule is Cc1ccc(F)c(-c2cc(Nc3ccnc4cn(C[C@H](O)CO)nc34)ccn2)n1. The van der Waals surface area contributed by atoms with Gasteiger partial charge in [0.15, 0.2) is 5.82 Å². The Labute approximate surface area is 165 Å². The molecule has 0 aliphatic carbocycles. The lowest BCUT2D eigenvalue weighted by molar-refractivity contribution is 0.0784. The van der Waals surface area contributed by atoms with Gasteiger partial charge in [0.1, 0.15) is 16.7 Å². The van der Waals surface area contributed by atoms with Gasteiger partial charge in [-0.15, -0.1) is 0 Å². The third-order valence-corrected chi connectivity index (χ3v) is 4.33. The van der Waals surface area contributed by atoms with Gasteiger partial charge in [-0.3, -0.25) is 14.6 Å². The number of anilines is 2. The first kappa shape index (κ1) is 18.9. The van der Waals surface area contributed by atoms with Crippen molar-refractivity contribution in [2.24, 2.45) is 0 Å². The second-order valence-electron chi connectivity index (χ2n) is 6.62. The molecule has 0 saturated heterocycles. The summed E-state index contributed by atoms with van der Waals surface area (Å²) >= 11 is 0. The molecule has 0 aliphatic heterocycles.